The zero-order valence-corrected chi connectivity index (χ0v) is 33.5. The van der Waals surface area contributed by atoms with Crippen LogP contribution >= 0.6 is 0 Å². The Morgan fingerprint density at radius 1 is 0.290 bits per heavy atom. The first-order valence-corrected chi connectivity index (χ1v) is 21.4. The van der Waals surface area contributed by atoms with E-state index in [-0.39, 0.29) is 0 Å². The van der Waals surface area contributed by atoms with Crippen LogP contribution in [0, 0.1) is 0 Å². The quantitative estimate of drug-likeness (QED) is 0.167. The van der Waals surface area contributed by atoms with Gasteiger partial charge >= 0.3 is 0 Å². The molecule has 0 N–H and O–H groups in total. The molecule has 0 saturated heterocycles. The van der Waals surface area contributed by atoms with E-state index in [4.69, 9.17) is 9.97 Å². The maximum Gasteiger partial charge on any atom is 0.235 e. The number of hydrogen-bond acceptors (Lipinski definition) is 2. The molecule has 14 rings (SSSR count). The summed E-state index contributed by atoms with van der Waals surface area (Å²) < 4.78 is 2.23. The molecule has 0 unspecified atom stereocenters. The Balaban J connectivity index is 1.09. The lowest BCUT2D eigenvalue weighted by Crippen LogP contribution is -2.26. The van der Waals surface area contributed by atoms with E-state index in [2.05, 4.69) is 217 Å². The van der Waals surface area contributed by atoms with Crippen molar-refractivity contribution < 1.29 is 0 Å². The molecule has 2 aromatic heterocycles. The third-order valence-electron chi connectivity index (χ3n) is 13.8. The molecule has 3 nitrogen and oxygen atoms in total. The molecule has 0 atom stereocenters. The molecule has 1 spiro atoms. The summed E-state index contributed by atoms with van der Waals surface area (Å²) in [6.45, 7) is 0. The van der Waals surface area contributed by atoms with Crippen LogP contribution in [0.15, 0.2) is 212 Å². The Bertz CT molecular complexity index is 3780. The third kappa shape index (κ3) is 4.39. The molecular formula is C59H35N3. The van der Waals surface area contributed by atoms with Crippen molar-refractivity contribution in [2.75, 3.05) is 0 Å². The Morgan fingerprint density at radius 3 is 1.35 bits per heavy atom. The van der Waals surface area contributed by atoms with Crippen LogP contribution in [0.1, 0.15) is 22.3 Å². The topological polar surface area (TPSA) is 30.7 Å². The van der Waals surface area contributed by atoms with Gasteiger partial charge in [0.2, 0.25) is 5.95 Å². The van der Waals surface area contributed by atoms with Crippen LogP contribution in [-0.4, -0.2) is 14.5 Å². The van der Waals surface area contributed by atoms with Gasteiger partial charge in [-0.3, -0.25) is 4.57 Å². The summed E-state index contributed by atoms with van der Waals surface area (Å²) in [6.07, 6.45) is 0. The van der Waals surface area contributed by atoms with Crippen molar-refractivity contribution in [2.45, 2.75) is 5.41 Å². The van der Waals surface area contributed by atoms with Crippen LogP contribution in [0.4, 0.5) is 0 Å². The number of para-hydroxylation sites is 2. The minimum atomic E-state index is -0.542. The van der Waals surface area contributed by atoms with E-state index in [1.54, 1.807) is 0 Å². The zero-order chi connectivity index (χ0) is 40.5. The summed E-state index contributed by atoms with van der Waals surface area (Å²) >= 11 is 0. The minimum absolute atomic E-state index is 0.542. The number of nitrogens with zero attached hydrogens (tertiary/aromatic N) is 3. The van der Waals surface area contributed by atoms with E-state index >= 15 is 0 Å². The van der Waals surface area contributed by atoms with Gasteiger partial charge in [-0.15, -0.1) is 0 Å². The lowest BCUT2D eigenvalue weighted by Gasteiger charge is -2.31. The van der Waals surface area contributed by atoms with Gasteiger partial charge in [0.1, 0.15) is 0 Å². The van der Waals surface area contributed by atoms with Gasteiger partial charge in [-0.1, -0.05) is 176 Å². The average molecular weight is 786 g/mol. The molecule has 0 radical (unpaired) electrons. The largest absolute Gasteiger partial charge is 0.278 e. The molecule has 0 saturated carbocycles. The molecule has 2 heterocycles. The van der Waals surface area contributed by atoms with Gasteiger partial charge in [-0.25, -0.2) is 9.97 Å². The molecule has 10 aromatic carbocycles. The van der Waals surface area contributed by atoms with Gasteiger partial charge in [0.05, 0.1) is 27.8 Å². The fourth-order valence-electron chi connectivity index (χ4n) is 11.3. The second-order valence-corrected chi connectivity index (χ2v) is 16.8. The van der Waals surface area contributed by atoms with Crippen LogP contribution in [-0.2, 0) is 5.41 Å². The Hall–Kier alpha value is -8.14. The molecule has 0 amide bonds. The third-order valence-corrected chi connectivity index (χ3v) is 13.8. The fourth-order valence-corrected chi connectivity index (χ4v) is 11.3. The number of aromatic nitrogens is 3. The molecule has 286 valence electrons. The Labute approximate surface area is 357 Å². The van der Waals surface area contributed by atoms with E-state index in [1.807, 2.05) is 0 Å². The molecule has 62 heavy (non-hydrogen) atoms. The molecule has 2 aliphatic carbocycles. The lowest BCUT2D eigenvalue weighted by atomic mass is 9.70. The van der Waals surface area contributed by atoms with Crippen molar-refractivity contribution >= 4 is 54.1 Å². The van der Waals surface area contributed by atoms with Gasteiger partial charge in [-0.05, 0) is 113 Å². The Morgan fingerprint density at radius 2 is 0.742 bits per heavy atom. The summed E-state index contributed by atoms with van der Waals surface area (Å²) in [7, 11) is 0. The normalized spacial score (nSPS) is 13.3. The van der Waals surface area contributed by atoms with Gasteiger partial charge in [-0.2, -0.15) is 0 Å². The molecule has 0 aliphatic heterocycles. The first-order chi connectivity index (χ1) is 30.8. The number of rotatable bonds is 3. The molecule has 0 fully saturated rings. The average Bonchev–Trinajstić information content (AvgIpc) is 3.95. The Kier molecular flexibility index (Phi) is 6.76. The molecule has 0 bridgehead atoms. The van der Waals surface area contributed by atoms with E-state index < -0.39 is 5.41 Å². The lowest BCUT2D eigenvalue weighted by molar-refractivity contribution is 0.795. The summed E-state index contributed by atoms with van der Waals surface area (Å²) in [5, 5.41) is 10.1. The highest BCUT2D eigenvalue weighted by molar-refractivity contribution is 6.26. The van der Waals surface area contributed by atoms with Crippen LogP contribution in [0.3, 0.4) is 0 Å². The summed E-state index contributed by atoms with van der Waals surface area (Å²) in [5.41, 5.74) is 15.9. The van der Waals surface area contributed by atoms with E-state index in [0.29, 0.717) is 5.95 Å². The highest BCUT2D eigenvalue weighted by Crippen LogP contribution is 2.64. The maximum absolute atomic E-state index is 5.52. The van der Waals surface area contributed by atoms with Crippen molar-refractivity contribution in [3.8, 4) is 50.7 Å². The molecular weight excluding hydrogens is 751 g/mol. The summed E-state index contributed by atoms with van der Waals surface area (Å²) in [4.78, 5) is 10.9. The second kappa shape index (κ2) is 12.4. The van der Waals surface area contributed by atoms with Crippen molar-refractivity contribution in [3.63, 3.8) is 0 Å². The van der Waals surface area contributed by atoms with Crippen LogP contribution in [0.2, 0.25) is 0 Å². The summed E-state index contributed by atoms with van der Waals surface area (Å²) in [6, 6.07) is 77.9. The van der Waals surface area contributed by atoms with E-state index in [0.717, 1.165) is 33.5 Å². The zero-order valence-electron chi connectivity index (χ0n) is 33.5. The molecule has 2 aliphatic rings. The van der Waals surface area contributed by atoms with E-state index in [9.17, 15) is 0 Å². The summed E-state index contributed by atoms with van der Waals surface area (Å²) in [5.74, 6) is 0.652. The van der Waals surface area contributed by atoms with Crippen molar-refractivity contribution in [1.82, 2.24) is 14.5 Å². The smallest absolute Gasteiger partial charge is 0.235 e. The second-order valence-electron chi connectivity index (χ2n) is 16.8. The first kappa shape index (κ1) is 33.7. The van der Waals surface area contributed by atoms with Crippen LogP contribution in [0.5, 0.6) is 0 Å². The first-order valence-electron chi connectivity index (χ1n) is 21.4. The van der Waals surface area contributed by atoms with Crippen molar-refractivity contribution in [1.29, 1.82) is 0 Å². The maximum atomic E-state index is 5.52. The van der Waals surface area contributed by atoms with Crippen molar-refractivity contribution in [3.05, 3.63) is 235 Å². The SMILES string of the molecule is c1ccc(-c2cc(-c3ccc4c(c3)C3(c5ccccc5-c5ccccc53)c3cc5c6ccccc6c6ccccc6c5cc3-4)nc(-n3c4ccccc4c4ccccc43)n2)cc1. The predicted molar refractivity (Wildman–Crippen MR) is 256 cm³/mol. The van der Waals surface area contributed by atoms with Gasteiger partial charge < -0.3 is 0 Å². The van der Waals surface area contributed by atoms with Gasteiger partial charge in [0.15, 0.2) is 0 Å². The van der Waals surface area contributed by atoms with Gasteiger partial charge in [0.25, 0.3) is 0 Å². The highest BCUT2D eigenvalue weighted by Gasteiger charge is 2.52. The van der Waals surface area contributed by atoms with E-state index in [1.165, 1.54) is 87.6 Å². The predicted octanol–water partition coefficient (Wildman–Crippen LogP) is 14.7. The highest BCUT2D eigenvalue weighted by atomic mass is 15.2. The molecule has 12 aromatic rings. The standard InChI is InChI=1S/C59H35N3/c1-2-16-36(17-3-1)54-35-55(61-58(60-54)62-56-28-14-10-24-45(56)46-25-11-15-29-57(46)62)37-30-31-44-49-33-47-40-20-6-4-18-38(40)39-19-5-7-21-41(39)48(47)34-53(49)59(52(44)32-37)50-26-12-8-22-42(50)43-23-9-13-27-51(43)59/h1-35H. The monoisotopic (exact) mass is 785 g/mol. The number of fused-ring (bicyclic) bond motifs is 19. The van der Waals surface area contributed by atoms with Crippen LogP contribution in [0.25, 0.3) is 105 Å². The van der Waals surface area contributed by atoms with Crippen LogP contribution < -0.4 is 0 Å². The fraction of sp³-hybridized carbons (Fsp3) is 0.0169. The minimum Gasteiger partial charge on any atom is -0.278 e. The van der Waals surface area contributed by atoms with Gasteiger partial charge in [0, 0.05) is 21.9 Å². The van der Waals surface area contributed by atoms with Crippen molar-refractivity contribution in [2.24, 2.45) is 0 Å². The number of hydrogen-bond donors (Lipinski definition) is 0. The number of benzene rings is 10. The molecule has 3 heteroatoms.